The minimum absolute atomic E-state index is 0.325. The Labute approximate surface area is 105 Å². The highest BCUT2D eigenvalue weighted by atomic mass is 16.7. The molecule has 1 saturated heterocycles. The number of fused-ring (bicyclic) bond motifs is 1. The summed E-state index contributed by atoms with van der Waals surface area (Å²) < 4.78 is 16.3. The lowest BCUT2D eigenvalue weighted by Crippen LogP contribution is -2.12. The zero-order valence-electron chi connectivity index (χ0n) is 10.3. The molecule has 0 bridgehead atoms. The highest BCUT2D eigenvalue weighted by Gasteiger charge is 2.23. The van der Waals surface area contributed by atoms with Gasteiger partial charge in [0.05, 0.1) is 13.2 Å². The molecule has 1 atom stereocenters. The standard InChI is InChI=1S/C14H16O4/c1-9-3-2-4-10-7-12(18-14(9)10)11(15)8-13-16-5-6-17-13/h2-4,7,11,13,15H,5-6,8H2,1H3. The summed E-state index contributed by atoms with van der Waals surface area (Å²) in [6, 6.07) is 7.82. The number of furan rings is 1. The number of aliphatic hydroxyl groups excluding tert-OH is 1. The van der Waals surface area contributed by atoms with Crippen LogP contribution in [-0.2, 0) is 9.47 Å². The number of rotatable bonds is 3. The van der Waals surface area contributed by atoms with Gasteiger partial charge in [-0.15, -0.1) is 0 Å². The second-order valence-corrected chi connectivity index (χ2v) is 4.56. The lowest BCUT2D eigenvalue weighted by molar-refractivity contribution is -0.0734. The third kappa shape index (κ3) is 2.14. The molecule has 4 heteroatoms. The van der Waals surface area contributed by atoms with Gasteiger partial charge in [0, 0.05) is 11.8 Å². The van der Waals surface area contributed by atoms with E-state index in [9.17, 15) is 5.11 Å². The lowest BCUT2D eigenvalue weighted by atomic mass is 10.1. The minimum atomic E-state index is -0.695. The van der Waals surface area contributed by atoms with Gasteiger partial charge in [0.1, 0.15) is 17.4 Å². The molecule has 1 unspecified atom stereocenters. The lowest BCUT2D eigenvalue weighted by Gasteiger charge is -2.12. The van der Waals surface area contributed by atoms with Gasteiger partial charge in [0.2, 0.25) is 0 Å². The summed E-state index contributed by atoms with van der Waals surface area (Å²) in [5.74, 6) is 0.568. The van der Waals surface area contributed by atoms with Crippen LogP contribution in [0.5, 0.6) is 0 Å². The predicted octanol–water partition coefficient (Wildman–Crippen LogP) is 2.54. The Hall–Kier alpha value is -1.36. The van der Waals surface area contributed by atoms with Crippen molar-refractivity contribution in [2.45, 2.75) is 25.7 Å². The molecule has 4 nitrogen and oxygen atoms in total. The molecule has 18 heavy (non-hydrogen) atoms. The summed E-state index contributed by atoms with van der Waals surface area (Å²) >= 11 is 0. The van der Waals surface area contributed by atoms with Crippen LogP contribution in [0.1, 0.15) is 23.8 Å². The highest BCUT2D eigenvalue weighted by molar-refractivity contribution is 5.80. The molecule has 0 saturated carbocycles. The van der Waals surface area contributed by atoms with Gasteiger partial charge in [0.15, 0.2) is 6.29 Å². The fourth-order valence-corrected chi connectivity index (χ4v) is 2.23. The van der Waals surface area contributed by atoms with Crippen molar-refractivity contribution in [1.82, 2.24) is 0 Å². The third-order valence-electron chi connectivity index (χ3n) is 3.19. The Morgan fingerprint density at radius 2 is 2.11 bits per heavy atom. The molecule has 2 heterocycles. The summed E-state index contributed by atoms with van der Waals surface area (Å²) in [4.78, 5) is 0. The predicted molar refractivity (Wildman–Crippen MR) is 66.2 cm³/mol. The minimum Gasteiger partial charge on any atom is -0.458 e. The van der Waals surface area contributed by atoms with Crippen molar-refractivity contribution in [3.05, 3.63) is 35.6 Å². The molecular weight excluding hydrogens is 232 g/mol. The van der Waals surface area contributed by atoms with E-state index >= 15 is 0 Å². The second-order valence-electron chi connectivity index (χ2n) is 4.56. The van der Waals surface area contributed by atoms with E-state index in [0.717, 1.165) is 16.5 Å². The van der Waals surface area contributed by atoms with Gasteiger partial charge in [-0.3, -0.25) is 0 Å². The Bertz CT molecular complexity index is 540. The van der Waals surface area contributed by atoms with Gasteiger partial charge in [-0.05, 0) is 18.6 Å². The number of aliphatic hydroxyl groups is 1. The first-order valence-electron chi connectivity index (χ1n) is 6.14. The van der Waals surface area contributed by atoms with Gasteiger partial charge in [-0.1, -0.05) is 18.2 Å². The fourth-order valence-electron chi connectivity index (χ4n) is 2.23. The van der Waals surface area contributed by atoms with Gasteiger partial charge in [0.25, 0.3) is 0 Å². The van der Waals surface area contributed by atoms with E-state index in [0.29, 0.717) is 25.4 Å². The zero-order chi connectivity index (χ0) is 12.5. The number of benzene rings is 1. The molecule has 0 amide bonds. The SMILES string of the molecule is Cc1cccc2cc(C(O)CC3OCCO3)oc12. The van der Waals surface area contributed by atoms with E-state index in [-0.39, 0.29) is 6.29 Å². The first-order chi connectivity index (χ1) is 8.74. The molecule has 0 spiro atoms. The van der Waals surface area contributed by atoms with Crippen molar-refractivity contribution in [3.63, 3.8) is 0 Å². The number of para-hydroxylation sites is 1. The monoisotopic (exact) mass is 248 g/mol. The molecule has 3 rings (SSSR count). The number of ether oxygens (including phenoxy) is 2. The number of aryl methyl sites for hydroxylation is 1. The van der Waals surface area contributed by atoms with Crippen LogP contribution in [0.3, 0.4) is 0 Å². The molecule has 96 valence electrons. The van der Waals surface area contributed by atoms with Crippen molar-refractivity contribution in [2.24, 2.45) is 0 Å². The maximum Gasteiger partial charge on any atom is 0.160 e. The first-order valence-corrected chi connectivity index (χ1v) is 6.14. The summed E-state index contributed by atoms with van der Waals surface area (Å²) in [5.41, 5.74) is 1.90. The van der Waals surface area contributed by atoms with Gasteiger partial charge < -0.3 is 19.0 Å². The van der Waals surface area contributed by atoms with E-state index in [1.165, 1.54) is 0 Å². The highest BCUT2D eigenvalue weighted by Crippen LogP contribution is 2.29. The summed E-state index contributed by atoms with van der Waals surface area (Å²) in [6.07, 6.45) is -0.618. The van der Waals surface area contributed by atoms with E-state index < -0.39 is 6.10 Å². The largest absolute Gasteiger partial charge is 0.458 e. The molecule has 1 aromatic carbocycles. The van der Waals surface area contributed by atoms with Crippen LogP contribution in [0.25, 0.3) is 11.0 Å². The molecule has 0 aliphatic carbocycles. The van der Waals surface area contributed by atoms with Crippen LogP contribution in [0, 0.1) is 6.92 Å². The zero-order valence-corrected chi connectivity index (χ0v) is 10.3. The molecule has 0 radical (unpaired) electrons. The van der Waals surface area contributed by atoms with Crippen molar-refractivity contribution in [1.29, 1.82) is 0 Å². The number of hydrogen-bond donors (Lipinski definition) is 1. The van der Waals surface area contributed by atoms with E-state index in [1.807, 2.05) is 31.2 Å². The number of hydrogen-bond acceptors (Lipinski definition) is 4. The quantitative estimate of drug-likeness (QED) is 0.906. The van der Waals surface area contributed by atoms with Gasteiger partial charge in [-0.2, -0.15) is 0 Å². The van der Waals surface area contributed by atoms with Crippen molar-refractivity contribution >= 4 is 11.0 Å². The molecule has 1 fully saturated rings. The molecular formula is C14H16O4. The van der Waals surface area contributed by atoms with Crippen molar-refractivity contribution in [2.75, 3.05) is 13.2 Å². The summed E-state index contributed by atoms with van der Waals surface area (Å²) in [5, 5.41) is 11.1. The smallest absolute Gasteiger partial charge is 0.160 e. The second kappa shape index (κ2) is 4.72. The Morgan fingerprint density at radius 1 is 1.33 bits per heavy atom. The van der Waals surface area contributed by atoms with Crippen LogP contribution >= 0.6 is 0 Å². The van der Waals surface area contributed by atoms with Gasteiger partial charge >= 0.3 is 0 Å². The third-order valence-corrected chi connectivity index (χ3v) is 3.19. The fraction of sp³-hybridized carbons (Fsp3) is 0.429. The average molecular weight is 248 g/mol. The molecule has 1 aromatic heterocycles. The summed E-state index contributed by atoms with van der Waals surface area (Å²) in [6.45, 7) is 3.18. The maximum atomic E-state index is 10.1. The van der Waals surface area contributed by atoms with E-state index in [4.69, 9.17) is 13.9 Å². The van der Waals surface area contributed by atoms with Crippen LogP contribution < -0.4 is 0 Å². The topological polar surface area (TPSA) is 51.8 Å². The van der Waals surface area contributed by atoms with E-state index in [1.54, 1.807) is 0 Å². The van der Waals surface area contributed by atoms with Crippen molar-refractivity contribution < 1.29 is 19.0 Å². The van der Waals surface area contributed by atoms with Crippen LogP contribution in [-0.4, -0.2) is 24.6 Å². The molecule has 1 aliphatic rings. The average Bonchev–Trinajstić information content (AvgIpc) is 2.97. The van der Waals surface area contributed by atoms with Crippen molar-refractivity contribution in [3.8, 4) is 0 Å². The molecule has 2 aromatic rings. The van der Waals surface area contributed by atoms with Crippen LogP contribution in [0.2, 0.25) is 0 Å². The Balaban J connectivity index is 1.82. The Morgan fingerprint density at radius 3 is 2.83 bits per heavy atom. The van der Waals surface area contributed by atoms with E-state index in [2.05, 4.69) is 0 Å². The maximum absolute atomic E-state index is 10.1. The van der Waals surface area contributed by atoms with Crippen LogP contribution in [0.15, 0.2) is 28.7 Å². The first kappa shape index (κ1) is 11.7. The normalized spacial score (nSPS) is 18.6. The molecule has 1 aliphatic heterocycles. The Kier molecular flexibility index (Phi) is 3.07. The van der Waals surface area contributed by atoms with Gasteiger partial charge in [-0.25, -0.2) is 0 Å². The molecule has 1 N–H and O–H groups in total. The summed E-state index contributed by atoms with van der Waals surface area (Å²) in [7, 11) is 0. The van der Waals surface area contributed by atoms with Crippen LogP contribution in [0.4, 0.5) is 0 Å².